The Kier molecular flexibility index (Phi) is 2.56. The van der Waals surface area contributed by atoms with Gasteiger partial charge in [0.15, 0.2) is 0 Å². The summed E-state index contributed by atoms with van der Waals surface area (Å²) in [7, 11) is 0. The highest BCUT2D eigenvalue weighted by Gasteiger charge is 2.07. The molecule has 0 saturated heterocycles. The van der Waals surface area contributed by atoms with Crippen LogP contribution < -0.4 is 0 Å². The van der Waals surface area contributed by atoms with Gasteiger partial charge in [0.2, 0.25) is 0 Å². The Morgan fingerprint density at radius 3 is 2.67 bits per heavy atom. The third kappa shape index (κ3) is 1.76. The molecule has 0 atom stereocenters. The van der Waals surface area contributed by atoms with Gasteiger partial charge >= 0.3 is 0 Å². The fourth-order valence-corrected chi connectivity index (χ4v) is 2.22. The maximum atomic E-state index is 13.4. The summed E-state index contributed by atoms with van der Waals surface area (Å²) in [5.41, 5.74) is 2.93. The summed E-state index contributed by atoms with van der Waals surface area (Å²) in [5, 5.41) is 2.17. The molecule has 0 saturated carbocycles. The van der Waals surface area contributed by atoms with E-state index in [4.69, 9.17) is 0 Å². The maximum Gasteiger partial charge on any atom is 0.123 e. The van der Waals surface area contributed by atoms with Crippen LogP contribution in [0.2, 0.25) is 0 Å². The molecule has 0 fully saturated rings. The zero-order valence-electron chi connectivity index (χ0n) is 10.0. The summed E-state index contributed by atoms with van der Waals surface area (Å²) in [6.45, 7) is 1.98. The quantitative estimate of drug-likeness (QED) is 0.613. The van der Waals surface area contributed by atoms with Crippen LogP contribution in [-0.2, 0) is 0 Å². The number of aryl methyl sites for hydroxylation is 1. The molecule has 1 heterocycles. The normalized spacial score (nSPS) is 10.8. The van der Waals surface area contributed by atoms with Crippen LogP contribution in [0.4, 0.5) is 4.39 Å². The first kappa shape index (κ1) is 10.9. The molecule has 1 nitrogen and oxygen atoms in total. The second-order valence-electron chi connectivity index (χ2n) is 4.37. The molecule has 2 heteroatoms. The topological polar surface area (TPSA) is 12.9 Å². The average molecular weight is 237 g/mol. The Balaban J connectivity index is 2.35. The van der Waals surface area contributed by atoms with Crippen LogP contribution in [0.1, 0.15) is 5.56 Å². The number of benzene rings is 2. The molecule has 0 radical (unpaired) electrons. The van der Waals surface area contributed by atoms with Gasteiger partial charge in [-0.25, -0.2) is 4.39 Å². The molecule has 2 aromatic carbocycles. The average Bonchev–Trinajstić information content (AvgIpc) is 2.41. The predicted octanol–water partition coefficient (Wildman–Crippen LogP) is 4.35. The van der Waals surface area contributed by atoms with Crippen LogP contribution in [-0.4, -0.2) is 4.98 Å². The Bertz CT molecular complexity index is 714. The van der Waals surface area contributed by atoms with Gasteiger partial charge in [-0.3, -0.25) is 4.98 Å². The summed E-state index contributed by atoms with van der Waals surface area (Å²) < 4.78 is 13.4. The third-order valence-electron chi connectivity index (χ3n) is 3.16. The SMILES string of the molecule is Cc1ccc(F)cc1-c1cncc2ccccc12. The van der Waals surface area contributed by atoms with Gasteiger partial charge in [0.1, 0.15) is 5.82 Å². The van der Waals surface area contributed by atoms with Crippen molar-refractivity contribution < 1.29 is 4.39 Å². The van der Waals surface area contributed by atoms with Gasteiger partial charge in [0.25, 0.3) is 0 Å². The highest BCUT2D eigenvalue weighted by Crippen LogP contribution is 2.30. The summed E-state index contributed by atoms with van der Waals surface area (Å²) in [6.07, 6.45) is 3.62. The monoisotopic (exact) mass is 237 g/mol. The Morgan fingerprint density at radius 2 is 1.78 bits per heavy atom. The summed E-state index contributed by atoms with van der Waals surface area (Å²) >= 11 is 0. The van der Waals surface area contributed by atoms with Crippen molar-refractivity contribution in [1.29, 1.82) is 0 Å². The van der Waals surface area contributed by atoms with Crippen LogP contribution in [0.25, 0.3) is 21.9 Å². The Morgan fingerprint density at radius 1 is 0.944 bits per heavy atom. The summed E-state index contributed by atoms with van der Waals surface area (Å²) in [6, 6.07) is 12.9. The van der Waals surface area contributed by atoms with Gasteiger partial charge in [-0.2, -0.15) is 0 Å². The van der Waals surface area contributed by atoms with E-state index in [1.807, 2.05) is 37.4 Å². The molecule has 3 aromatic rings. The third-order valence-corrected chi connectivity index (χ3v) is 3.16. The predicted molar refractivity (Wildman–Crippen MR) is 71.9 cm³/mol. The standard InChI is InChI=1S/C16H12FN/c1-11-6-7-13(17)8-15(11)16-10-18-9-12-4-2-3-5-14(12)16/h2-10H,1H3. The van der Waals surface area contributed by atoms with Crippen LogP contribution >= 0.6 is 0 Å². The van der Waals surface area contributed by atoms with E-state index in [9.17, 15) is 4.39 Å². The van der Waals surface area contributed by atoms with E-state index in [1.165, 1.54) is 6.07 Å². The molecule has 0 aliphatic carbocycles. The zero-order valence-corrected chi connectivity index (χ0v) is 10.0. The molecule has 1 aromatic heterocycles. The molecule has 18 heavy (non-hydrogen) atoms. The minimum Gasteiger partial charge on any atom is -0.263 e. The number of nitrogens with zero attached hydrogens (tertiary/aromatic N) is 1. The van der Waals surface area contributed by atoms with Crippen molar-refractivity contribution in [3.05, 3.63) is 66.2 Å². The van der Waals surface area contributed by atoms with Crippen molar-refractivity contribution in [3.8, 4) is 11.1 Å². The molecule has 0 N–H and O–H groups in total. The Labute approximate surface area is 105 Å². The van der Waals surface area contributed by atoms with Crippen LogP contribution in [0.3, 0.4) is 0 Å². The van der Waals surface area contributed by atoms with Crippen molar-refractivity contribution in [3.63, 3.8) is 0 Å². The number of hydrogen-bond acceptors (Lipinski definition) is 1. The van der Waals surface area contributed by atoms with Crippen LogP contribution in [0.15, 0.2) is 54.9 Å². The first-order valence-corrected chi connectivity index (χ1v) is 5.85. The highest BCUT2D eigenvalue weighted by atomic mass is 19.1. The molecule has 0 bridgehead atoms. The molecule has 88 valence electrons. The summed E-state index contributed by atoms with van der Waals surface area (Å²) in [4.78, 5) is 4.24. The smallest absolute Gasteiger partial charge is 0.123 e. The maximum absolute atomic E-state index is 13.4. The first-order valence-electron chi connectivity index (χ1n) is 5.85. The van der Waals surface area contributed by atoms with Crippen LogP contribution in [0, 0.1) is 12.7 Å². The fourth-order valence-electron chi connectivity index (χ4n) is 2.22. The van der Waals surface area contributed by atoms with Gasteiger partial charge in [0, 0.05) is 23.3 Å². The van der Waals surface area contributed by atoms with Gasteiger partial charge in [-0.15, -0.1) is 0 Å². The largest absolute Gasteiger partial charge is 0.263 e. The number of rotatable bonds is 1. The van der Waals surface area contributed by atoms with Gasteiger partial charge < -0.3 is 0 Å². The van der Waals surface area contributed by atoms with E-state index in [0.29, 0.717) is 0 Å². The molecule has 0 aliphatic rings. The minimum absolute atomic E-state index is 0.219. The number of pyridine rings is 1. The lowest BCUT2D eigenvalue weighted by molar-refractivity contribution is 0.628. The van der Waals surface area contributed by atoms with Crippen molar-refractivity contribution >= 4 is 10.8 Å². The first-order chi connectivity index (χ1) is 8.75. The van der Waals surface area contributed by atoms with Crippen LogP contribution in [0.5, 0.6) is 0 Å². The van der Waals surface area contributed by atoms with Crippen molar-refractivity contribution in [2.24, 2.45) is 0 Å². The lowest BCUT2D eigenvalue weighted by Crippen LogP contribution is -1.88. The number of hydrogen-bond donors (Lipinski definition) is 0. The molecular weight excluding hydrogens is 225 g/mol. The zero-order chi connectivity index (χ0) is 12.5. The molecule has 3 rings (SSSR count). The molecule has 0 amide bonds. The van der Waals surface area contributed by atoms with Gasteiger partial charge in [-0.05, 0) is 35.6 Å². The van der Waals surface area contributed by atoms with E-state index in [2.05, 4.69) is 4.98 Å². The minimum atomic E-state index is -0.219. The fraction of sp³-hybridized carbons (Fsp3) is 0.0625. The van der Waals surface area contributed by atoms with E-state index < -0.39 is 0 Å². The number of aromatic nitrogens is 1. The molecule has 0 unspecified atom stereocenters. The van der Waals surface area contributed by atoms with E-state index in [-0.39, 0.29) is 5.82 Å². The van der Waals surface area contributed by atoms with Crippen molar-refractivity contribution in [2.75, 3.05) is 0 Å². The van der Waals surface area contributed by atoms with E-state index >= 15 is 0 Å². The summed E-state index contributed by atoms with van der Waals surface area (Å²) in [5.74, 6) is -0.219. The number of fused-ring (bicyclic) bond motifs is 1. The second-order valence-corrected chi connectivity index (χ2v) is 4.37. The lowest BCUT2D eigenvalue weighted by Gasteiger charge is -2.09. The van der Waals surface area contributed by atoms with Gasteiger partial charge in [-0.1, -0.05) is 30.3 Å². The molecule has 0 aliphatic heterocycles. The van der Waals surface area contributed by atoms with E-state index in [1.54, 1.807) is 18.3 Å². The van der Waals surface area contributed by atoms with E-state index in [0.717, 1.165) is 27.5 Å². The van der Waals surface area contributed by atoms with Crippen molar-refractivity contribution in [1.82, 2.24) is 4.98 Å². The van der Waals surface area contributed by atoms with Gasteiger partial charge in [0.05, 0.1) is 0 Å². The molecule has 0 spiro atoms. The Hall–Kier alpha value is -2.22. The molecular formula is C16H12FN. The second kappa shape index (κ2) is 4.22. The highest BCUT2D eigenvalue weighted by molar-refractivity contribution is 5.96. The van der Waals surface area contributed by atoms with Crippen molar-refractivity contribution in [2.45, 2.75) is 6.92 Å². The number of halogens is 1. The lowest BCUT2D eigenvalue weighted by atomic mass is 9.97.